The summed E-state index contributed by atoms with van der Waals surface area (Å²) in [6.45, 7) is 6.28. The average molecular weight is 294 g/mol. The molecule has 2 atom stereocenters. The van der Waals surface area contributed by atoms with Gasteiger partial charge in [0.05, 0.1) is 12.5 Å². The lowest BCUT2D eigenvalue weighted by Gasteiger charge is -2.19. The average Bonchev–Trinajstić information content (AvgIpc) is 3.06. The summed E-state index contributed by atoms with van der Waals surface area (Å²) in [7, 11) is 0. The Kier molecular flexibility index (Phi) is 5.76. The minimum atomic E-state index is -0.703. The molecule has 1 amide bonds. The molecule has 1 aromatic heterocycles. The lowest BCUT2D eigenvalue weighted by molar-refractivity contribution is -0.120. The fourth-order valence-corrected chi connectivity index (χ4v) is 2.82. The van der Waals surface area contributed by atoms with Crippen LogP contribution in [0.2, 0.25) is 0 Å². The molecule has 21 heavy (non-hydrogen) atoms. The number of aliphatic hydroxyl groups is 1. The topological polar surface area (TPSA) is 84.4 Å². The van der Waals surface area contributed by atoms with Crippen molar-refractivity contribution in [2.45, 2.75) is 45.3 Å². The number of likely N-dealkylation sites (tertiary alicyclic amines) is 1. The van der Waals surface area contributed by atoms with Gasteiger partial charge in [0.15, 0.2) is 0 Å². The highest BCUT2D eigenvalue weighted by Crippen LogP contribution is 2.14. The molecular weight excluding hydrogens is 268 g/mol. The molecule has 0 spiro atoms. The van der Waals surface area contributed by atoms with Crippen molar-refractivity contribution in [1.82, 2.24) is 14.5 Å². The van der Waals surface area contributed by atoms with Crippen molar-refractivity contribution >= 4 is 5.91 Å². The van der Waals surface area contributed by atoms with Crippen LogP contribution in [0.4, 0.5) is 0 Å². The third kappa shape index (κ3) is 4.82. The van der Waals surface area contributed by atoms with Crippen LogP contribution < -0.4 is 5.73 Å². The van der Waals surface area contributed by atoms with Gasteiger partial charge in [-0.2, -0.15) is 0 Å². The number of hydrogen-bond acceptors (Lipinski definition) is 4. The molecule has 6 heteroatoms. The van der Waals surface area contributed by atoms with Gasteiger partial charge in [0.25, 0.3) is 0 Å². The van der Waals surface area contributed by atoms with E-state index < -0.39 is 12.0 Å². The number of carbonyl (C=O) groups is 1. The number of primary amides is 1. The first-order valence-corrected chi connectivity index (χ1v) is 7.75. The molecule has 0 unspecified atom stereocenters. The van der Waals surface area contributed by atoms with Crippen molar-refractivity contribution < 1.29 is 9.90 Å². The first-order chi connectivity index (χ1) is 10.1. The summed E-state index contributed by atoms with van der Waals surface area (Å²) in [4.78, 5) is 17.7. The fourth-order valence-electron chi connectivity index (χ4n) is 2.82. The van der Waals surface area contributed by atoms with E-state index in [1.54, 1.807) is 6.20 Å². The quantitative estimate of drug-likeness (QED) is 0.726. The molecule has 118 valence electrons. The molecule has 6 nitrogen and oxygen atoms in total. The number of aliphatic hydroxyl groups excluding tert-OH is 1. The third-order valence-electron chi connectivity index (χ3n) is 4.23. The molecule has 1 aliphatic rings. The molecule has 1 saturated heterocycles. The predicted molar refractivity (Wildman–Crippen MR) is 80.6 cm³/mol. The number of hydrogen-bond donors (Lipinski definition) is 2. The summed E-state index contributed by atoms with van der Waals surface area (Å²) < 4.78 is 2.14. The number of amides is 1. The van der Waals surface area contributed by atoms with E-state index >= 15 is 0 Å². The van der Waals surface area contributed by atoms with Gasteiger partial charge in [-0.1, -0.05) is 6.92 Å². The maximum absolute atomic E-state index is 10.9. The Hall–Kier alpha value is -1.40. The van der Waals surface area contributed by atoms with Gasteiger partial charge in [-0.3, -0.25) is 4.79 Å². The number of rotatable bonds is 8. The first-order valence-electron chi connectivity index (χ1n) is 7.75. The smallest absolute Gasteiger partial charge is 0.220 e. The highest BCUT2D eigenvalue weighted by molar-refractivity contribution is 5.74. The van der Waals surface area contributed by atoms with Crippen LogP contribution in [0.3, 0.4) is 0 Å². The van der Waals surface area contributed by atoms with Crippen LogP contribution in [-0.4, -0.2) is 51.2 Å². The number of carbonyl (C=O) groups excluding carboxylic acids is 1. The van der Waals surface area contributed by atoms with Gasteiger partial charge in [0.1, 0.15) is 5.82 Å². The van der Waals surface area contributed by atoms with Gasteiger partial charge in [0.2, 0.25) is 5.91 Å². The van der Waals surface area contributed by atoms with Gasteiger partial charge in [-0.05, 0) is 31.8 Å². The lowest BCUT2D eigenvalue weighted by Crippen LogP contribution is -2.28. The summed E-state index contributed by atoms with van der Waals surface area (Å²) in [5.74, 6) is 0.461. The van der Waals surface area contributed by atoms with Crippen molar-refractivity contribution in [2.75, 3.05) is 19.6 Å². The Morgan fingerprint density at radius 3 is 2.81 bits per heavy atom. The van der Waals surface area contributed by atoms with Gasteiger partial charge < -0.3 is 20.3 Å². The number of nitrogens with two attached hydrogens (primary N) is 1. The highest BCUT2D eigenvalue weighted by atomic mass is 16.3. The Balaban J connectivity index is 1.85. The van der Waals surface area contributed by atoms with E-state index in [4.69, 9.17) is 5.73 Å². The fraction of sp³-hybridized carbons (Fsp3) is 0.733. The molecule has 2 heterocycles. The highest BCUT2D eigenvalue weighted by Gasteiger charge is 2.19. The molecule has 3 N–H and O–H groups in total. The van der Waals surface area contributed by atoms with Crippen LogP contribution in [0, 0.1) is 5.92 Å². The Morgan fingerprint density at radius 1 is 1.43 bits per heavy atom. The Bertz CT molecular complexity index is 454. The summed E-state index contributed by atoms with van der Waals surface area (Å²) in [6.07, 6.45) is 6.34. The van der Waals surface area contributed by atoms with Crippen LogP contribution in [0.15, 0.2) is 12.4 Å². The summed E-state index contributed by atoms with van der Waals surface area (Å²) in [5, 5.41) is 9.93. The van der Waals surface area contributed by atoms with E-state index in [0.29, 0.717) is 6.42 Å². The normalized spacial score (nSPS) is 18.8. The lowest BCUT2D eigenvalue weighted by atomic mass is 9.98. The summed E-state index contributed by atoms with van der Waals surface area (Å²) in [5.41, 5.74) is 5.13. The number of imidazole rings is 1. The van der Waals surface area contributed by atoms with Crippen molar-refractivity contribution in [3.8, 4) is 0 Å². The van der Waals surface area contributed by atoms with Crippen LogP contribution in [0.1, 0.15) is 32.0 Å². The summed E-state index contributed by atoms with van der Waals surface area (Å²) in [6, 6.07) is 0. The predicted octanol–water partition coefficient (Wildman–Crippen LogP) is 0.394. The second-order valence-corrected chi connectivity index (χ2v) is 6.00. The zero-order valence-corrected chi connectivity index (χ0v) is 12.7. The largest absolute Gasteiger partial charge is 0.392 e. The van der Waals surface area contributed by atoms with Crippen LogP contribution in [0.25, 0.3) is 0 Å². The number of aromatic nitrogens is 2. The molecular formula is C15H26N4O2. The van der Waals surface area contributed by atoms with Gasteiger partial charge in [-0.25, -0.2) is 4.98 Å². The first kappa shape index (κ1) is 16.0. The molecule has 1 aromatic rings. The van der Waals surface area contributed by atoms with E-state index in [9.17, 15) is 9.90 Å². The minimum Gasteiger partial charge on any atom is -0.392 e. The zero-order chi connectivity index (χ0) is 15.2. The molecule has 0 bridgehead atoms. The summed E-state index contributed by atoms with van der Waals surface area (Å²) >= 11 is 0. The van der Waals surface area contributed by atoms with Gasteiger partial charge in [0, 0.05) is 31.9 Å². The van der Waals surface area contributed by atoms with E-state index in [2.05, 4.69) is 14.5 Å². The number of nitrogens with zero attached hydrogens (tertiary/aromatic N) is 3. The molecule has 1 aliphatic heterocycles. The standard InChI is InChI=1S/C15H26N4O2/c1-12(13(20)11-14(16)21)10-15-17-4-7-19(15)9-8-18-5-2-3-6-18/h4,7,12-13,20H,2-3,5-6,8-11H2,1H3,(H2,16,21)/t12-,13+/m1/s1. The van der Waals surface area contributed by atoms with Gasteiger partial charge >= 0.3 is 0 Å². The Morgan fingerprint density at radius 2 is 2.14 bits per heavy atom. The monoisotopic (exact) mass is 294 g/mol. The molecule has 0 aromatic carbocycles. The van der Waals surface area contributed by atoms with E-state index in [1.165, 1.54) is 25.9 Å². The Labute approximate surface area is 125 Å². The van der Waals surface area contributed by atoms with Crippen LogP contribution >= 0.6 is 0 Å². The van der Waals surface area contributed by atoms with Crippen molar-refractivity contribution in [3.05, 3.63) is 18.2 Å². The third-order valence-corrected chi connectivity index (χ3v) is 4.23. The SMILES string of the molecule is C[C@H](Cc1nccn1CCN1CCCC1)[C@@H](O)CC(N)=O. The molecule has 2 rings (SSSR count). The molecule has 0 radical (unpaired) electrons. The molecule has 0 saturated carbocycles. The van der Waals surface area contributed by atoms with E-state index in [1.807, 2.05) is 13.1 Å². The van der Waals surface area contributed by atoms with Crippen molar-refractivity contribution in [1.29, 1.82) is 0 Å². The van der Waals surface area contributed by atoms with E-state index in [0.717, 1.165) is 18.9 Å². The van der Waals surface area contributed by atoms with Crippen molar-refractivity contribution in [3.63, 3.8) is 0 Å². The minimum absolute atomic E-state index is 0.00958. The van der Waals surface area contributed by atoms with Gasteiger partial charge in [-0.15, -0.1) is 0 Å². The second kappa shape index (κ2) is 7.56. The van der Waals surface area contributed by atoms with Crippen molar-refractivity contribution in [2.24, 2.45) is 11.7 Å². The van der Waals surface area contributed by atoms with Crippen LogP contribution in [0.5, 0.6) is 0 Å². The molecule has 1 fully saturated rings. The van der Waals surface area contributed by atoms with E-state index in [-0.39, 0.29) is 12.3 Å². The van der Waals surface area contributed by atoms with Crippen LogP contribution in [-0.2, 0) is 17.8 Å². The zero-order valence-electron chi connectivity index (χ0n) is 12.7. The molecule has 0 aliphatic carbocycles. The second-order valence-electron chi connectivity index (χ2n) is 6.00. The maximum atomic E-state index is 10.9. The maximum Gasteiger partial charge on any atom is 0.220 e.